The smallest absolute Gasteiger partial charge is 0.137 e. The van der Waals surface area contributed by atoms with Crippen molar-refractivity contribution in [2.24, 2.45) is 0 Å². The van der Waals surface area contributed by atoms with Crippen LogP contribution in [0.2, 0.25) is 0 Å². The van der Waals surface area contributed by atoms with E-state index in [4.69, 9.17) is 4.42 Å². The number of anilines is 3. The van der Waals surface area contributed by atoms with Crippen molar-refractivity contribution >= 4 is 93.4 Å². The van der Waals surface area contributed by atoms with Crippen molar-refractivity contribution < 1.29 is 4.42 Å². The monoisotopic (exact) mass is 765 g/mol. The molecule has 3 aromatic heterocycles. The first kappa shape index (κ1) is 33.5. The van der Waals surface area contributed by atoms with Crippen LogP contribution in [0.3, 0.4) is 0 Å². The first-order chi connectivity index (χ1) is 29.7. The van der Waals surface area contributed by atoms with Crippen LogP contribution in [0.4, 0.5) is 17.1 Å². The van der Waals surface area contributed by atoms with Gasteiger partial charge in [0.15, 0.2) is 0 Å². The lowest BCUT2D eigenvalue weighted by Gasteiger charge is -2.27. The molecule has 0 atom stereocenters. The zero-order chi connectivity index (χ0) is 39.9. The number of furan rings is 1. The number of nitrogens with zero attached hydrogens (tertiary/aromatic N) is 5. The fraction of sp³-hybridized carbons (Fsp3) is 0. The number of aromatic nitrogens is 2. The van der Waals surface area contributed by atoms with Crippen LogP contribution in [0.15, 0.2) is 192 Å². The molecule has 0 spiro atoms. The lowest BCUT2D eigenvalue weighted by atomic mass is 10.0. The quantitative estimate of drug-likeness (QED) is 0.175. The molecule has 0 bridgehead atoms. The second-order valence-electron chi connectivity index (χ2n) is 15.1. The van der Waals surface area contributed by atoms with E-state index < -0.39 is 0 Å². The van der Waals surface area contributed by atoms with Crippen molar-refractivity contribution in [1.29, 1.82) is 10.5 Å². The molecule has 0 N–H and O–H groups in total. The lowest BCUT2D eigenvalue weighted by molar-refractivity contribution is 0.669. The number of fused-ring (bicyclic) bond motifs is 11. The van der Waals surface area contributed by atoms with Crippen molar-refractivity contribution in [3.8, 4) is 23.5 Å². The molecule has 12 aromatic rings. The molecule has 0 aliphatic carbocycles. The summed E-state index contributed by atoms with van der Waals surface area (Å²) in [6.07, 6.45) is 0. The minimum Gasteiger partial charge on any atom is -0.456 e. The molecule has 0 unspecified atom stereocenters. The van der Waals surface area contributed by atoms with Crippen LogP contribution < -0.4 is 4.90 Å². The summed E-state index contributed by atoms with van der Waals surface area (Å²) in [5, 5.41) is 30.9. The van der Waals surface area contributed by atoms with E-state index in [9.17, 15) is 10.5 Å². The average Bonchev–Trinajstić information content (AvgIpc) is 3.96. The zero-order valence-corrected chi connectivity index (χ0v) is 32.0. The third-order valence-electron chi connectivity index (χ3n) is 11.9. The summed E-state index contributed by atoms with van der Waals surface area (Å²) in [5.41, 5.74) is 10.5. The summed E-state index contributed by atoms with van der Waals surface area (Å²) < 4.78 is 10.8. The summed E-state index contributed by atoms with van der Waals surface area (Å²) in [7, 11) is 0. The van der Waals surface area contributed by atoms with Gasteiger partial charge in [-0.15, -0.1) is 0 Å². The van der Waals surface area contributed by atoms with Gasteiger partial charge >= 0.3 is 0 Å². The van der Waals surface area contributed by atoms with E-state index in [2.05, 4.69) is 137 Å². The SMILES string of the molecule is N#Cc1cc(-n2c3ccc(-n4c5ccccc5c5ccccc54)cc3c3c4ccccc4ccc32)c(C#N)cc1N(c1ccccc1)c1ccc2c(c1)oc1ccccc12. The maximum Gasteiger partial charge on any atom is 0.137 e. The van der Waals surface area contributed by atoms with Crippen molar-refractivity contribution in [3.05, 3.63) is 199 Å². The highest BCUT2D eigenvalue weighted by molar-refractivity contribution is 6.22. The maximum absolute atomic E-state index is 11.1. The third-order valence-corrected chi connectivity index (χ3v) is 11.9. The van der Waals surface area contributed by atoms with Crippen LogP contribution >= 0.6 is 0 Å². The molecule has 6 nitrogen and oxygen atoms in total. The second kappa shape index (κ2) is 13.0. The number of nitriles is 2. The standard InChI is InChI=1S/C54H31N5O/c55-32-35-29-51(36(33-56)28-50(35)57(37-13-2-1-3-14-37)39-23-25-44-43-18-8-11-21-52(43)60-53(44)31-39)59-48-27-24-38(30-45(48)54-40-15-5-4-12-34(40)22-26-49(54)59)58-46-19-9-6-16-41(46)42-17-7-10-20-47(42)58/h1-31H. The molecular weight excluding hydrogens is 735 g/mol. The highest BCUT2D eigenvalue weighted by Crippen LogP contribution is 2.44. The van der Waals surface area contributed by atoms with Crippen LogP contribution in [0, 0.1) is 22.7 Å². The minimum absolute atomic E-state index is 0.426. The van der Waals surface area contributed by atoms with Gasteiger partial charge in [0.1, 0.15) is 23.3 Å². The van der Waals surface area contributed by atoms with Gasteiger partial charge < -0.3 is 18.5 Å². The van der Waals surface area contributed by atoms with Crippen LogP contribution in [0.25, 0.3) is 87.7 Å². The van der Waals surface area contributed by atoms with Gasteiger partial charge in [-0.05, 0) is 89.6 Å². The lowest BCUT2D eigenvalue weighted by Crippen LogP contribution is -2.13. The summed E-state index contributed by atoms with van der Waals surface area (Å²) in [6, 6.07) is 69.3. The summed E-state index contributed by atoms with van der Waals surface area (Å²) >= 11 is 0. The molecule has 278 valence electrons. The molecular formula is C54H31N5O. The molecule has 0 amide bonds. The Morgan fingerprint density at radius 1 is 0.417 bits per heavy atom. The predicted octanol–water partition coefficient (Wildman–Crippen LogP) is 14.1. The molecule has 6 heteroatoms. The molecule has 0 aliphatic rings. The Balaban J connectivity index is 1.11. The highest BCUT2D eigenvalue weighted by atomic mass is 16.3. The van der Waals surface area contributed by atoms with E-state index in [0.29, 0.717) is 22.5 Å². The summed E-state index contributed by atoms with van der Waals surface area (Å²) in [5.74, 6) is 0. The van der Waals surface area contributed by atoms with Crippen LogP contribution in [-0.4, -0.2) is 9.13 Å². The van der Waals surface area contributed by atoms with E-state index in [-0.39, 0.29) is 0 Å². The number of hydrogen-bond acceptors (Lipinski definition) is 4. The van der Waals surface area contributed by atoms with E-state index >= 15 is 0 Å². The Hall–Kier alpha value is -8.58. The number of hydrogen-bond donors (Lipinski definition) is 0. The van der Waals surface area contributed by atoms with Crippen molar-refractivity contribution in [2.45, 2.75) is 0 Å². The maximum atomic E-state index is 11.1. The Labute approximate surface area is 343 Å². The molecule has 0 saturated heterocycles. The number of rotatable bonds is 5. The summed E-state index contributed by atoms with van der Waals surface area (Å²) in [6.45, 7) is 0. The van der Waals surface area contributed by atoms with Crippen molar-refractivity contribution in [2.75, 3.05) is 4.90 Å². The molecule has 9 aromatic carbocycles. The van der Waals surface area contributed by atoms with Crippen molar-refractivity contribution in [1.82, 2.24) is 9.13 Å². The highest BCUT2D eigenvalue weighted by Gasteiger charge is 2.24. The first-order valence-electron chi connectivity index (χ1n) is 19.9. The van der Waals surface area contributed by atoms with Crippen LogP contribution in [0.1, 0.15) is 11.1 Å². The van der Waals surface area contributed by atoms with Crippen LogP contribution in [0.5, 0.6) is 0 Å². The van der Waals surface area contributed by atoms with Gasteiger partial charge in [0.2, 0.25) is 0 Å². The Kier molecular flexibility index (Phi) is 7.26. The molecule has 3 heterocycles. The molecule has 0 aliphatic heterocycles. The Morgan fingerprint density at radius 3 is 1.82 bits per heavy atom. The fourth-order valence-electron chi connectivity index (χ4n) is 9.36. The van der Waals surface area contributed by atoms with E-state index in [0.717, 1.165) is 82.6 Å². The van der Waals surface area contributed by atoms with E-state index in [1.807, 2.05) is 77.7 Å². The van der Waals surface area contributed by atoms with Crippen molar-refractivity contribution in [3.63, 3.8) is 0 Å². The first-order valence-corrected chi connectivity index (χ1v) is 19.9. The van der Waals surface area contributed by atoms with Gasteiger partial charge in [-0.25, -0.2) is 0 Å². The predicted molar refractivity (Wildman–Crippen MR) is 244 cm³/mol. The largest absolute Gasteiger partial charge is 0.456 e. The molecule has 0 saturated carbocycles. The molecule has 12 rings (SSSR count). The third kappa shape index (κ3) is 4.86. The van der Waals surface area contributed by atoms with Gasteiger partial charge in [0.25, 0.3) is 0 Å². The number of para-hydroxylation sites is 4. The Morgan fingerprint density at radius 2 is 1.05 bits per heavy atom. The fourth-order valence-corrected chi connectivity index (χ4v) is 9.36. The molecule has 0 fully saturated rings. The van der Waals surface area contributed by atoms with Gasteiger partial charge in [-0.3, -0.25) is 0 Å². The van der Waals surface area contributed by atoms with Gasteiger partial charge in [-0.2, -0.15) is 10.5 Å². The van der Waals surface area contributed by atoms with Gasteiger partial charge in [-0.1, -0.05) is 103 Å². The van der Waals surface area contributed by atoms with Gasteiger partial charge in [0, 0.05) is 55.4 Å². The normalized spacial score (nSPS) is 11.6. The topological polar surface area (TPSA) is 73.8 Å². The summed E-state index contributed by atoms with van der Waals surface area (Å²) in [4.78, 5) is 2.03. The minimum atomic E-state index is 0.426. The molecule has 0 radical (unpaired) electrons. The average molecular weight is 766 g/mol. The van der Waals surface area contributed by atoms with E-state index in [1.165, 1.54) is 10.8 Å². The second-order valence-corrected chi connectivity index (χ2v) is 15.1. The zero-order valence-electron chi connectivity index (χ0n) is 32.0. The van der Waals surface area contributed by atoms with Crippen LogP contribution in [-0.2, 0) is 0 Å². The Bertz CT molecular complexity index is 3760. The van der Waals surface area contributed by atoms with E-state index in [1.54, 1.807) is 0 Å². The van der Waals surface area contributed by atoms with Gasteiger partial charge in [0.05, 0.1) is 44.6 Å². The number of benzene rings is 9. The molecule has 60 heavy (non-hydrogen) atoms.